The fraction of sp³-hybridized carbons (Fsp3) is 0.375. The van der Waals surface area contributed by atoms with Crippen LogP contribution in [0.5, 0.6) is 0 Å². The van der Waals surface area contributed by atoms with Crippen LogP contribution in [0.1, 0.15) is 18.2 Å². The molecule has 2 rings (SSSR count). The van der Waals surface area contributed by atoms with Crippen molar-refractivity contribution in [2.24, 2.45) is 12.0 Å². The molecule has 1 heterocycles. The van der Waals surface area contributed by atoms with E-state index >= 15 is 0 Å². The lowest BCUT2D eigenvalue weighted by Gasteiger charge is -2.11. The lowest BCUT2D eigenvalue weighted by molar-refractivity contribution is 0.588. The minimum Gasteiger partial charge on any atom is -0.357 e. The van der Waals surface area contributed by atoms with Crippen LogP contribution in [0.3, 0.4) is 0 Å². The molecule has 0 spiro atoms. The zero-order valence-electron chi connectivity index (χ0n) is 15.1. The van der Waals surface area contributed by atoms with Crippen molar-refractivity contribution in [2.45, 2.75) is 24.9 Å². The number of halogens is 1. The first kappa shape index (κ1) is 22.4. The number of rotatable bonds is 7. The molecule has 8 nitrogen and oxygen atoms in total. The first-order valence-electron chi connectivity index (χ1n) is 7.98. The van der Waals surface area contributed by atoms with Gasteiger partial charge in [-0.15, -0.1) is 24.0 Å². The Morgan fingerprint density at radius 2 is 1.88 bits per heavy atom. The fourth-order valence-electron chi connectivity index (χ4n) is 2.15. The van der Waals surface area contributed by atoms with Gasteiger partial charge < -0.3 is 10.6 Å². The number of benzene rings is 1. The van der Waals surface area contributed by atoms with Crippen LogP contribution < -0.4 is 15.4 Å². The molecule has 1 aromatic carbocycles. The summed E-state index contributed by atoms with van der Waals surface area (Å²) in [7, 11) is -0.128. The number of aryl methyl sites for hydroxylation is 1. The monoisotopic (exact) mass is 492 g/mol. The van der Waals surface area contributed by atoms with Crippen LogP contribution in [0.4, 0.5) is 0 Å². The number of hydrogen-bond donors (Lipinski definition) is 3. The molecule has 0 fully saturated rings. The summed E-state index contributed by atoms with van der Waals surface area (Å²) in [6.07, 6.45) is 1.75. The molecule has 2 aromatic rings. The van der Waals surface area contributed by atoms with E-state index in [1.54, 1.807) is 35.1 Å². The molecule has 3 N–H and O–H groups in total. The quantitative estimate of drug-likeness (QED) is 0.307. The molecule has 0 aliphatic carbocycles. The molecule has 10 heteroatoms. The Morgan fingerprint density at radius 1 is 1.19 bits per heavy atom. The van der Waals surface area contributed by atoms with Crippen molar-refractivity contribution in [1.29, 1.82) is 0 Å². The second-order valence-corrected chi connectivity index (χ2v) is 7.23. The number of aliphatic imine (C=N–C) groups is 1. The zero-order valence-corrected chi connectivity index (χ0v) is 18.2. The predicted octanol–water partition coefficient (Wildman–Crippen LogP) is 1.20. The highest BCUT2D eigenvalue weighted by atomic mass is 127. The Bertz CT molecular complexity index is 818. The third kappa shape index (κ3) is 6.25. The Labute approximate surface area is 171 Å². The highest BCUT2D eigenvalue weighted by Crippen LogP contribution is 2.10. The summed E-state index contributed by atoms with van der Waals surface area (Å²) >= 11 is 0. The van der Waals surface area contributed by atoms with Crippen molar-refractivity contribution in [3.8, 4) is 0 Å². The SMILES string of the molecule is CCNC(=NCc1ccc(S(=O)(=O)NC)cc1)NCc1ccnn1C.I. The van der Waals surface area contributed by atoms with Crippen LogP contribution in [-0.2, 0) is 30.2 Å². The summed E-state index contributed by atoms with van der Waals surface area (Å²) in [6, 6.07) is 8.62. The van der Waals surface area contributed by atoms with Gasteiger partial charge in [0.2, 0.25) is 10.0 Å². The van der Waals surface area contributed by atoms with Gasteiger partial charge in [0.1, 0.15) is 0 Å². The average Bonchev–Trinajstić information content (AvgIpc) is 3.02. The molecule has 0 saturated carbocycles. The van der Waals surface area contributed by atoms with Gasteiger partial charge in [0.15, 0.2) is 5.96 Å². The molecule has 0 aliphatic heterocycles. The summed E-state index contributed by atoms with van der Waals surface area (Å²) in [5.41, 5.74) is 1.97. The van der Waals surface area contributed by atoms with E-state index in [-0.39, 0.29) is 28.9 Å². The first-order chi connectivity index (χ1) is 12.0. The van der Waals surface area contributed by atoms with E-state index < -0.39 is 10.0 Å². The molecule has 0 radical (unpaired) electrons. The highest BCUT2D eigenvalue weighted by Gasteiger charge is 2.10. The number of nitrogens with zero attached hydrogens (tertiary/aromatic N) is 3. The van der Waals surface area contributed by atoms with E-state index in [0.29, 0.717) is 19.0 Å². The van der Waals surface area contributed by atoms with Crippen LogP contribution >= 0.6 is 24.0 Å². The predicted molar refractivity (Wildman–Crippen MR) is 113 cm³/mol. The molecule has 0 bridgehead atoms. The maximum Gasteiger partial charge on any atom is 0.240 e. The molecule has 0 unspecified atom stereocenters. The standard InChI is InChI=1S/C16H24N6O2S.HI/c1-4-18-16(20-12-14-9-10-21-22(14)3)19-11-13-5-7-15(8-6-13)25(23,24)17-2;/h5-10,17H,4,11-12H2,1-3H3,(H2,18,19,20);1H. The van der Waals surface area contributed by atoms with E-state index in [4.69, 9.17) is 0 Å². The minimum absolute atomic E-state index is 0. The van der Waals surface area contributed by atoms with Crippen molar-refractivity contribution in [3.05, 3.63) is 47.8 Å². The number of guanidine groups is 1. The van der Waals surface area contributed by atoms with Gasteiger partial charge in [-0.3, -0.25) is 4.68 Å². The smallest absolute Gasteiger partial charge is 0.240 e. The molecular weight excluding hydrogens is 467 g/mol. The lowest BCUT2D eigenvalue weighted by atomic mass is 10.2. The van der Waals surface area contributed by atoms with Gasteiger partial charge in [-0.2, -0.15) is 5.10 Å². The van der Waals surface area contributed by atoms with Gasteiger partial charge in [-0.1, -0.05) is 12.1 Å². The van der Waals surface area contributed by atoms with Gasteiger partial charge in [0, 0.05) is 19.8 Å². The van der Waals surface area contributed by atoms with Gasteiger partial charge >= 0.3 is 0 Å². The average molecular weight is 492 g/mol. The summed E-state index contributed by atoms with van der Waals surface area (Å²) in [5, 5.41) is 10.6. The van der Waals surface area contributed by atoms with E-state index in [2.05, 4.69) is 25.4 Å². The molecule has 0 aliphatic rings. The highest BCUT2D eigenvalue weighted by molar-refractivity contribution is 14.0. The molecule has 26 heavy (non-hydrogen) atoms. The van der Waals surface area contributed by atoms with Gasteiger partial charge in [-0.05, 0) is 37.7 Å². The zero-order chi connectivity index (χ0) is 18.3. The summed E-state index contributed by atoms with van der Waals surface area (Å²) in [6.45, 7) is 3.80. The fourth-order valence-corrected chi connectivity index (χ4v) is 2.88. The van der Waals surface area contributed by atoms with E-state index in [1.165, 1.54) is 7.05 Å². The number of hydrogen-bond acceptors (Lipinski definition) is 4. The van der Waals surface area contributed by atoms with E-state index in [9.17, 15) is 8.42 Å². The molecular formula is C16H25IN6O2S. The second kappa shape index (κ2) is 10.5. The van der Waals surface area contributed by atoms with Crippen molar-refractivity contribution in [2.75, 3.05) is 13.6 Å². The minimum atomic E-state index is -3.41. The normalized spacial score (nSPS) is 11.7. The van der Waals surface area contributed by atoms with Crippen molar-refractivity contribution in [1.82, 2.24) is 25.1 Å². The molecule has 0 atom stereocenters. The van der Waals surface area contributed by atoms with Crippen molar-refractivity contribution >= 4 is 40.0 Å². The van der Waals surface area contributed by atoms with Crippen molar-refractivity contribution < 1.29 is 8.42 Å². The maximum absolute atomic E-state index is 11.7. The van der Waals surface area contributed by atoms with E-state index in [0.717, 1.165) is 17.8 Å². The molecule has 0 saturated heterocycles. The van der Waals surface area contributed by atoms with Crippen LogP contribution in [-0.4, -0.2) is 37.8 Å². The largest absolute Gasteiger partial charge is 0.357 e. The Kier molecular flexibility index (Phi) is 9.02. The molecule has 0 amide bonds. The summed E-state index contributed by atoms with van der Waals surface area (Å²) in [4.78, 5) is 4.76. The summed E-state index contributed by atoms with van der Waals surface area (Å²) in [5.74, 6) is 0.690. The van der Waals surface area contributed by atoms with Crippen LogP contribution in [0.25, 0.3) is 0 Å². The Morgan fingerprint density at radius 3 is 2.42 bits per heavy atom. The lowest BCUT2D eigenvalue weighted by Crippen LogP contribution is -2.37. The Hall–Kier alpha value is -1.66. The maximum atomic E-state index is 11.7. The third-order valence-corrected chi connectivity index (χ3v) is 5.06. The Balaban J connectivity index is 0.00000338. The van der Waals surface area contributed by atoms with Crippen LogP contribution in [0.15, 0.2) is 46.4 Å². The molecule has 1 aromatic heterocycles. The van der Waals surface area contributed by atoms with Crippen LogP contribution in [0, 0.1) is 0 Å². The number of sulfonamides is 1. The third-order valence-electron chi connectivity index (χ3n) is 3.63. The topological polar surface area (TPSA) is 100 Å². The van der Waals surface area contributed by atoms with Crippen LogP contribution in [0.2, 0.25) is 0 Å². The summed E-state index contributed by atoms with van der Waals surface area (Å²) < 4.78 is 27.5. The first-order valence-corrected chi connectivity index (χ1v) is 9.46. The molecule has 144 valence electrons. The second-order valence-electron chi connectivity index (χ2n) is 5.35. The van der Waals surface area contributed by atoms with Crippen molar-refractivity contribution in [3.63, 3.8) is 0 Å². The number of nitrogens with one attached hydrogen (secondary N) is 3. The van der Waals surface area contributed by atoms with Gasteiger partial charge in [-0.25, -0.2) is 18.1 Å². The number of aromatic nitrogens is 2. The van der Waals surface area contributed by atoms with Gasteiger partial charge in [0.05, 0.1) is 23.7 Å². The van der Waals surface area contributed by atoms with E-state index in [1.807, 2.05) is 20.0 Å². The van der Waals surface area contributed by atoms with Gasteiger partial charge in [0.25, 0.3) is 0 Å².